The van der Waals surface area contributed by atoms with Gasteiger partial charge in [-0.05, 0) is 31.1 Å². The van der Waals surface area contributed by atoms with Gasteiger partial charge in [-0.15, -0.1) is 0 Å². The molecule has 61 heavy (non-hydrogen) atoms. The number of carbonyl (C=O) groups excluding carboxylic acids is 3. The summed E-state index contributed by atoms with van der Waals surface area (Å²) in [5.74, 6) is 0.827. The summed E-state index contributed by atoms with van der Waals surface area (Å²) in [5.41, 5.74) is 0. The van der Waals surface area contributed by atoms with E-state index in [-0.39, 0.29) is 31.1 Å². The molecule has 0 aromatic carbocycles. The SMILES string of the molecule is CCCCCCCCCCCC(=O)OC[C@H](COC(=O)CCCCCCCCCCCCCCCCCCCCC(C)C)OC(=O)CCCCCCCCCCCCC(C)C. The van der Waals surface area contributed by atoms with Crippen molar-refractivity contribution in [2.24, 2.45) is 11.8 Å². The van der Waals surface area contributed by atoms with Crippen LogP contribution in [0.1, 0.15) is 304 Å². The van der Waals surface area contributed by atoms with Gasteiger partial charge in [-0.3, -0.25) is 14.4 Å². The Balaban J connectivity index is 4.18. The number of carbonyl (C=O) groups is 3. The van der Waals surface area contributed by atoms with Gasteiger partial charge in [0.05, 0.1) is 0 Å². The highest BCUT2D eigenvalue weighted by atomic mass is 16.6. The van der Waals surface area contributed by atoms with E-state index >= 15 is 0 Å². The second-order valence-electron chi connectivity index (χ2n) is 19.8. The molecule has 0 heterocycles. The van der Waals surface area contributed by atoms with E-state index in [1.807, 2.05) is 0 Å². The highest BCUT2D eigenvalue weighted by Gasteiger charge is 2.19. The number of esters is 3. The summed E-state index contributed by atoms with van der Waals surface area (Å²) < 4.78 is 16.8. The lowest BCUT2D eigenvalue weighted by Crippen LogP contribution is -2.30. The van der Waals surface area contributed by atoms with Crippen molar-refractivity contribution in [1.82, 2.24) is 0 Å². The van der Waals surface area contributed by atoms with Gasteiger partial charge >= 0.3 is 17.9 Å². The van der Waals surface area contributed by atoms with E-state index in [1.165, 1.54) is 193 Å². The lowest BCUT2D eigenvalue weighted by atomic mass is 10.0. The Morgan fingerprint density at radius 3 is 0.803 bits per heavy atom. The molecule has 0 saturated heterocycles. The van der Waals surface area contributed by atoms with Crippen molar-refractivity contribution in [3.8, 4) is 0 Å². The van der Waals surface area contributed by atoms with Crippen LogP contribution in [0, 0.1) is 11.8 Å². The van der Waals surface area contributed by atoms with Crippen molar-refractivity contribution < 1.29 is 28.6 Å². The molecule has 0 aromatic heterocycles. The molecule has 0 spiro atoms. The van der Waals surface area contributed by atoms with Gasteiger partial charge in [0.15, 0.2) is 6.10 Å². The zero-order valence-corrected chi connectivity index (χ0v) is 41.8. The standard InChI is InChI=1S/C55H106O6/c1-6-7-8-9-10-23-30-35-40-45-53(56)59-48-52(61-55(58)47-42-37-32-27-22-21-25-29-34-39-44-51(4)5)49-60-54(57)46-41-36-31-26-20-18-16-14-12-11-13-15-17-19-24-28-33-38-43-50(2)3/h50-52H,6-49H2,1-5H3/t52-/m1/s1. The van der Waals surface area contributed by atoms with Crippen LogP contribution in [0.4, 0.5) is 0 Å². The van der Waals surface area contributed by atoms with Crippen LogP contribution in [0.3, 0.4) is 0 Å². The first-order valence-electron chi connectivity index (χ1n) is 27.2. The molecule has 0 N–H and O–H groups in total. The van der Waals surface area contributed by atoms with E-state index in [0.29, 0.717) is 19.3 Å². The fourth-order valence-corrected chi connectivity index (χ4v) is 8.34. The van der Waals surface area contributed by atoms with E-state index in [1.54, 1.807) is 0 Å². The predicted octanol–water partition coefficient (Wildman–Crippen LogP) is 17.7. The molecule has 0 saturated carbocycles. The molecule has 0 aliphatic carbocycles. The molecule has 0 aliphatic heterocycles. The molecule has 1 atom stereocenters. The average molecular weight is 863 g/mol. The minimum Gasteiger partial charge on any atom is -0.462 e. The zero-order chi connectivity index (χ0) is 44.7. The lowest BCUT2D eigenvalue weighted by Gasteiger charge is -2.18. The van der Waals surface area contributed by atoms with Crippen LogP contribution in [-0.2, 0) is 28.6 Å². The summed E-state index contributed by atoms with van der Waals surface area (Å²) in [6, 6.07) is 0. The molecule has 0 aromatic rings. The highest BCUT2D eigenvalue weighted by Crippen LogP contribution is 2.18. The average Bonchev–Trinajstić information content (AvgIpc) is 3.23. The molecule has 0 amide bonds. The summed E-state index contributed by atoms with van der Waals surface area (Å²) >= 11 is 0. The van der Waals surface area contributed by atoms with Gasteiger partial charge in [-0.25, -0.2) is 0 Å². The maximum atomic E-state index is 12.8. The van der Waals surface area contributed by atoms with Crippen LogP contribution in [-0.4, -0.2) is 37.2 Å². The number of hydrogen-bond donors (Lipinski definition) is 0. The van der Waals surface area contributed by atoms with Gasteiger partial charge in [-0.2, -0.15) is 0 Å². The number of unbranched alkanes of at least 4 members (excludes halogenated alkanes) is 34. The summed E-state index contributed by atoms with van der Waals surface area (Å²) in [4.78, 5) is 37.9. The van der Waals surface area contributed by atoms with Crippen molar-refractivity contribution in [1.29, 1.82) is 0 Å². The Hall–Kier alpha value is -1.59. The topological polar surface area (TPSA) is 78.9 Å². The predicted molar refractivity (Wildman–Crippen MR) is 261 cm³/mol. The van der Waals surface area contributed by atoms with E-state index < -0.39 is 6.10 Å². The summed E-state index contributed by atoms with van der Waals surface area (Å²) in [7, 11) is 0. The van der Waals surface area contributed by atoms with Crippen LogP contribution in [0.2, 0.25) is 0 Å². The molecule has 0 fully saturated rings. The third-order valence-electron chi connectivity index (χ3n) is 12.5. The zero-order valence-electron chi connectivity index (χ0n) is 41.8. The van der Waals surface area contributed by atoms with E-state index in [9.17, 15) is 14.4 Å². The van der Waals surface area contributed by atoms with Gasteiger partial charge < -0.3 is 14.2 Å². The molecule has 362 valence electrons. The molecule has 0 unspecified atom stereocenters. The molecule has 0 rings (SSSR count). The quantitative estimate of drug-likeness (QED) is 0.0344. The van der Waals surface area contributed by atoms with Crippen molar-refractivity contribution in [2.75, 3.05) is 13.2 Å². The summed E-state index contributed by atoms with van der Waals surface area (Å²) in [6.07, 6.45) is 49.6. The Morgan fingerprint density at radius 1 is 0.311 bits per heavy atom. The Bertz CT molecular complexity index is 931. The molecule has 6 heteroatoms. The lowest BCUT2D eigenvalue weighted by molar-refractivity contribution is -0.167. The van der Waals surface area contributed by atoms with Gasteiger partial charge in [0.1, 0.15) is 13.2 Å². The monoisotopic (exact) mass is 863 g/mol. The van der Waals surface area contributed by atoms with Crippen molar-refractivity contribution in [3.05, 3.63) is 0 Å². The molecular weight excluding hydrogens is 757 g/mol. The van der Waals surface area contributed by atoms with Crippen molar-refractivity contribution in [3.63, 3.8) is 0 Å². The van der Waals surface area contributed by atoms with Gasteiger partial charge in [0.25, 0.3) is 0 Å². The third kappa shape index (κ3) is 49.3. The first kappa shape index (κ1) is 59.4. The fourth-order valence-electron chi connectivity index (χ4n) is 8.34. The molecule has 0 bridgehead atoms. The number of rotatable bonds is 49. The van der Waals surface area contributed by atoms with Crippen LogP contribution in [0.5, 0.6) is 0 Å². The minimum atomic E-state index is -0.761. The molecule has 0 aliphatic rings. The molecular formula is C55H106O6. The first-order chi connectivity index (χ1) is 29.7. The summed E-state index contributed by atoms with van der Waals surface area (Å²) in [5, 5.41) is 0. The van der Waals surface area contributed by atoms with E-state index in [0.717, 1.165) is 69.6 Å². The maximum Gasteiger partial charge on any atom is 0.306 e. The van der Waals surface area contributed by atoms with Crippen LogP contribution >= 0.6 is 0 Å². The fraction of sp³-hybridized carbons (Fsp3) is 0.945. The third-order valence-corrected chi connectivity index (χ3v) is 12.5. The smallest absolute Gasteiger partial charge is 0.306 e. The van der Waals surface area contributed by atoms with Gasteiger partial charge in [-0.1, -0.05) is 266 Å². The van der Waals surface area contributed by atoms with Gasteiger partial charge in [0, 0.05) is 19.3 Å². The second-order valence-corrected chi connectivity index (χ2v) is 19.8. The second kappa shape index (κ2) is 47.9. The Kier molecular flexibility index (Phi) is 46.6. The molecule has 0 radical (unpaired) electrons. The number of hydrogen-bond acceptors (Lipinski definition) is 6. The Labute approximate surface area is 380 Å². The van der Waals surface area contributed by atoms with E-state index in [4.69, 9.17) is 14.2 Å². The summed E-state index contributed by atoms with van der Waals surface area (Å²) in [6.45, 7) is 11.4. The van der Waals surface area contributed by atoms with Crippen LogP contribution in [0.25, 0.3) is 0 Å². The number of ether oxygens (including phenoxy) is 3. The highest BCUT2D eigenvalue weighted by molar-refractivity contribution is 5.71. The largest absolute Gasteiger partial charge is 0.462 e. The van der Waals surface area contributed by atoms with Crippen LogP contribution in [0.15, 0.2) is 0 Å². The maximum absolute atomic E-state index is 12.8. The van der Waals surface area contributed by atoms with Gasteiger partial charge in [0.2, 0.25) is 0 Å². The minimum absolute atomic E-state index is 0.0635. The van der Waals surface area contributed by atoms with Crippen LogP contribution < -0.4 is 0 Å². The van der Waals surface area contributed by atoms with Crippen molar-refractivity contribution in [2.45, 2.75) is 310 Å². The Morgan fingerprint density at radius 2 is 0.541 bits per heavy atom. The van der Waals surface area contributed by atoms with E-state index in [2.05, 4.69) is 34.6 Å². The normalized spacial score (nSPS) is 12.0. The first-order valence-corrected chi connectivity index (χ1v) is 27.2. The molecule has 6 nitrogen and oxygen atoms in total. The van der Waals surface area contributed by atoms with Crippen molar-refractivity contribution >= 4 is 17.9 Å².